The quantitative estimate of drug-likeness (QED) is 0.837. The van der Waals surface area contributed by atoms with Gasteiger partial charge in [0, 0.05) is 44.8 Å². The lowest BCUT2D eigenvalue weighted by molar-refractivity contribution is 0.0946. The van der Waals surface area contributed by atoms with Gasteiger partial charge < -0.3 is 15.4 Å². The van der Waals surface area contributed by atoms with E-state index in [0.29, 0.717) is 18.2 Å². The Morgan fingerprint density at radius 2 is 2.04 bits per heavy atom. The van der Waals surface area contributed by atoms with Gasteiger partial charge in [0.1, 0.15) is 5.75 Å². The Labute approximate surface area is 138 Å². The highest BCUT2D eigenvalue weighted by atomic mass is 16.5. The monoisotopic (exact) mass is 317 g/mol. The molecule has 2 fully saturated rings. The molecule has 0 unspecified atom stereocenters. The van der Waals surface area contributed by atoms with Gasteiger partial charge in [-0.3, -0.25) is 9.69 Å². The Kier molecular flexibility index (Phi) is 5.88. The van der Waals surface area contributed by atoms with Crippen LogP contribution in [0.5, 0.6) is 5.75 Å². The summed E-state index contributed by atoms with van der Waals surface area (Å²) < 4.78 is 5.97. The highest BCUT2D eigenvalue weighted by molar-refractivity contribution is 5.94. The first kappa shape index (κ1) is 16.3. The normalized spacial score (nSPS) is 19.7. The average molecular weight is 317 g/mol. The number of nitrogens with one attached hydrogen (secondary N) is 2. The molecule has 5 heteroatoms. The number of piperazine rings is 1. The van der Waals surface area contributed by atoms with Crippen molar-refractivity contribution in [2.45, 2.75) is 31.8 Å². The lowest BCUT2D eigenvalue weighted by Crippen LogP contribution is -2.46. The summed E-state index contributed by atoms with van der Waals surface area (Å²) >= 11 is 0. The molecule has 23 heavy (non-hydrogen) atoms. The Morgan fingerprint density at radius 1 is 1.26 bits per heavy atom. The van der Waals surface area contributed by atoms with Crippen molar-refractivity contribution in [3.8, 4) is 5.75 Å². The highest BCUT2D eigenvalue weighted by Crippen LogP contribution is 2.24. The predicted molar refractivity (Wildman–Crippen MR) is 91.0 cm³/mol. The third-order valence-corrected chi connectivity index (χ3v) is 4.62. The van der Waals surface area contributed by atoms with Crippen LogP contribution in [0, 0.1) is 0 Å². The van der Waals surface area contributed by atoms with Crippen molar-refractivity contribution >= 4 is 5.91 Å². The van der Waals surface area contributed by atoms with E-state index in [2.05, 4.69) is 15.5 Å². The maximum Gasteiger partial charge on any atom is 0.251 e. The topological polar surface area (TPSA) is 53.6 Å². The first-order valence-electron chi connectivity index (χ1n) is 8.79. The van der Waals surface area contributed by atoms with Crippen LogP contribution < -0.4 is 15.4 Å². The number of amides is 1. The molecule has 1 amide bonds. The van der Waals surface area contributed by atoms with Crippen LogP contribution in [0.1, 0.15) is 36.0 Å². The molecule has 3 rings (SSSR count). The summed E-state index contributed by atoms with van der Waals surface area (Å²) in [6, 6.07) is 7.55. The number of ether oxygens (including phenoxy) is 1. The number of hydrogen-bond donors (Lipinski definition) is 2. The zero-order chi connectivity index (χ0) is 15.9. The first-order valence-corrected chi connectivity index (χ1v) is 8.79. The van der Waals surface area contributed by atoms with Crippen LogP contribution in [0.15, 0.2) is 24.3 Å². The fraction of sp³-hybridized carbons (Fsp3) is 0.611. The Morgan fingerprint density at radius 3 is 2.83 bits per heavy atom. The molecular formula is C18H27N3O2. The fourth-order valence-corrected chi connectivity index (χ4v) is 3.27. The third-order valence-electron chi connectivity index (χ3n) is 4.62. The van der Waals surface area contributed by atoms with E-state index in [-0.39, 0.29) is 5.91 Å². The molecule has 0 bridgehead atoms. The Bertz CT molecular complexity index is 509. The van der Waals surface area contributed by atoms with Crippen LogP contribution in [0.2, 0.25) is 0 Å². The molecule has 1 aliphatic carbocycles. The highest BCUT2D eigenvalue weighted by Gasteiger charge is 2.17. The van der Waals surface area contributed by atoms with Gasteiger partial charge in [0.25, 0.3) is 5.91 Å². The number of carbonyl (C=O) groups excluding carboxylic acids is 1. The molecule has 2 aliphatic rings. The second-order valence-corrected chi connectivity index (χ2v) is 6.40. The van der Waals surface area contributed by atoms with Gasteiger partial charge in [-0.2, -0.15) is 0 Å². The van der Waals surface area contributed by atoms with Gasteiger partial charge in [-0.25, -0.2) is 0 Å². The smallest absolute Gasteiger partial charge is 0.251 e. The Hall–Kier alpha value is -1.59. The lowest BCUT2D eigenvalue weighted by atomic mass is 10.2. The Balaban J connectivity index is 1.46. The van der Waals surface area contributed by atoms with Gasteiger partial charge in [-0.1, -0.05) is 6.07 Å². The second kappa shape index (κ2) is 8.31. The minimum absolute atomic E-state index is 0.0167. The summed E-state index contributed by atoms with van der Waals surface area (Å²) in [7, 11) is 0. The largest absolute Gasteiger partial charge is 0.490 e. The summed E-state index contributed by atoms with van der Waals surface area (Å²) in [4.78, 5) is 14.6. The molecule has 0 radical (unpaired) electrons. The van der Waals surface area contributed by atoms with Crippen LogP contribution in [0.25, 0.3) is 0 Å². The number of rotatable bonds is 6. The first-order chi connectivity index (χ1) is 11.3. The third kappa shape index (κ3) is 4.94. The van der Waals surface area contributed by atoms with Crippen LogP contribution in [0.4, 0.5) is 0 Å². The zero-order valence-electron chi connectivity index (χ0n) is 13.7. The molecule has 1 aromatic rings. The molecule has 1 saturated carbocycles. The fourth-order valence-electron chi connectivity index (χ4n) is 3.27. The molecule has 5 nitrogen and oxygen atoms in total. The standard InChI is InChI=1S/C18H27N3O2/c22-18(20-10-13-21-11-8-19-9-12-21)15-4-3-7-17(14-15)23-16-5-1-2-6-16/h3-4,7,14,16,19H,1-2,5-6,8-13H2,(H,20,22). The van der Waals surface area contributed by atoms with Gasteiger partial charge in [-0.15, -0.1) is 0 Å². The van der Waals surface area contributed by atoms with E-state index in [0.717, 1.165) is 51.3 Å². The van der Waals surface area contributed by atoms with E-state index in [9.17, 15) is 4.79 Å². The summed E-state index contributed by atoms with van der Waals surface area (Å²) in [6.07, 6.45) is 5.07. The van der Waals surface area contributed by atoms with Gasteiger partial charge in [-0.05, 0) is 43.9 Å². The lowest BCUT2D eigenvalue weighted by Gasteiger charge is -2.27. The molecule has 0 spiro atoms. The van der Waals surface area contributed by atoms with E-state index in [1.807, 2.05) is 24.3 Å². The maximum atomic E-state index is 12.3. The van der Waals surface area contributed by atoms with Gasteiger partial charge in [0.05, 0.1) is 6.10 Å². The van der Waals surface area contributed by atoms with Crippen molar-refractivity contribution in [3.63, 3.8) is 0 Å². The SMILES string of the molecule is O=C(NCCN1CCNCC1)c1cccc(OC2CCCC2)c1. The van der Waals surface area contributed by atoms with Crippen molar-refractivity contribution in [2.24, 2.45) is 0 Å². The van der Waals surface area contributed by atoms with E-state index >= 15 is 0 Å². The molecule has 1 saturated heterocycles. The number of benzene rings is 1. The predicted octanol–water partition coefficient (Wildman–Crippen LogP) is 1.64. The minimum Gasteiger partial charge on any atom is -0.490 e. The zero-order valence-corrected chi connectivity index (χ0v) is 13.7. The summed E-state index contributed by atoms with van der Waals surface area (Å²) in [5, 5.41) is 6.34. The number of nitrogens with zero attached hydrogens (tertiary/aromatic N) is 1. The van der Waals surface area contributed by atoms with Crippen molar-refractivity contribution in [1.29, 1.82) is 0 Å². The van der Waals surface area contributed by atoms with E-state index in [1.165, 1.54) is 12.8 Å². The molecule has 2 N–H and O–H groups in total. The van der Waals surface area contributed by atoms with Crippen molar-refractivity contribution < 1.29 is 9.53 Å². The van der Waals surface area contributed by atoms with Gasteiger partial charge in [0.15, 0.2) is 0 Å². The van der Waals surface area contributed by atoms with Crippen molar-refractivity contribution in [3.05, 3.63) is 29.8 Å². The minimum atomic E-state index is -0.0167. The number of hydrogen-bond acceptors (Lipinski definition) is 4. The van der Waals surface area contributed by atoms with Crippen LogP contribution in [-0.2, 0) is 0 Å². The molecule has 0 aromatic heterocycles. The molecular weight excluding hydrogens is 290 g/mol. The van der Waals surface area contributed by atoms with Crippen LogP contribution in [0.3, 0.4) is 0 Å². The van der Waals surface area contributed by atoms with E-state index < -0.39 is 0 Å². The number of carbonyl (C=O) groups is 1. The summed E-state index contributed by atoms with van der Waals surface area (Å²) in [6.45, 7) is 5.78. The van der Waals surface area contributed by atoms with Crippen molar-refractivity contribution in [2.75, 3.05) is 39.3 Å². The van der Waals surface area contributed by atoms with E-state index in [1.54, 1.807) is 0 Å². The van der Waals surface area contributed by atoms with Gasteiger partial charge in [0.2, 0.25) is 0 Å². The second-order valence-electron chi connectivity index (χ2n) is 6.40. The maximum absolute atomic E-state index is 12.3. The molecule has 1 aliphatic heterocycles. The molecule has 0 atom stereocenters. The van der Waals surface area contributed by atoms with Crippen LogP contribution >= 0.6 is 0 Å². The molecule has 1 heterocycles. The molecule has 1 aromatic carbocycles. The van der Waals surface area contributed by atoms with E-state index in [4.69, 9.17) is 4.74 Å². The molecule has 126 valence electrons. The van der Waals surface area contributed by atoms with Crippen LogP contribution in [-0.4, -0.2) is 56.2 Å². The average Bonchev–Trinajstić information content (AvgIpc) is 3.09. The summed E-state index contributed by atoms with van der Waals surface area (Å²) in [5.41, 5.74) is 0.681. The van der Waals surface area contributed by atoms with Crippen molar-refractivity contribution in [1.82, 2.24) is 15.5 Å². The van der Waals surface area contributed by atoms with Gasteiger partial charge >= 0.3 is 0 Å². The summed E-state index contributed by atoms with van der Waals surface area (Å²) in [5.74, 6) is 0.795.